The van der Waals surface area contributed by atoms with Gasteiger partial charge in [0.05, 0.1) is 0 Å². The van der Waals surface area contributed by atoms with Crippen LogP contribution < -0.4 is 0 Å². The van der Waals surface area contributed by atoms with E-state index in [9.17, 15) is 0 Å². The number of hydrogen-bond acceptors (Lipinski definition) is 4. The standard InChI is InChI=1S/C6N4.V/c7-1-5(2-8)6(3-9)4-10;/q-2;+2. The Labute approximate surface area is 76.1 Å². The van der Waals surface area contributed by atoms with Gasteiger partial charge in [-0.15, -0.1) is 24.3 Å². The van der Waals surface area contributed by atoms with Crippen molar-refractivity contribution in [3.8, 4) is 24.3 Å². The van der Waals surface area contributed by atoms with Gasteiger partial charge < -0.3 is 0 Å². The zero-order valence-corrected chi connectivity index (χ0v) is 6.63. The fraction of sp³-hybridized carbons (Fsp3) is 0. The van der Waals surface area contributed by atoms with E-state index in [4.69, 9.17) is 21.0 Å². The van der Waals surface area contributed by atoms with E-state index in [0.29, 0.717) is 0 Å². The largest absolute Gasteiger partial charge is 2.00 e. The summed E-state index contributed by atoms with van der Waals surface area (Å²) in [6, 6.07) is 5.71. The summed E-state index contributed by atoms with van der Waals surface area (Å²) in [5.74, 6) is -0.880. The third kappa shape index (κ3) is 3.09. The molecule has 0 fully saturated rings. The van der Waals surface area contributed by atoms with E-state index in [1.165, 1.54) is 24.3 Å². The molecule has 0 saturated carbocycles. The van der Waals surface area contributed by atoms with Gasteiger partial charge in [0.15, 0.2) is 0 Å². The zero-order chi connectivity index (χ0) is 7.98. The molecule has 0 heterocycles. The molecule has 0 aromatic carbocycles. The quantitative estimate of drug-likeness (QED) is 0.538. The molecule has 0 aliphatic carbocycles. The van der Waals surface area contributed by atoms with Crippen molar-refractivity contribution < 1.29 is 18.6 Å². The summed E-state index contributed by atoms with van der Waals surface area (Å²) < 4.78 is 0. The molecule has 0 N–H and O–H groups in total. The Morgan fingerprint density at radius 2 is 0.818 bits per heavy atom. The van der Waals surface area contributed by atoms with Crippen molar-refractivity contribution in [3.63, 3.8) is 0 Å². The summed E-state index contributed by atoms with van der Waals surface area (Å²) in [7, 11) is 0. The minimum atomic E-state index is -0.440. The molecule has 0 spiro atoms. The molecule has 5 heteroatoms. The van der Waals surface area contributed by atoms with Crippen LogP contribution in [0.2, 0.25) is 0 Å². The maximum Gasteiger partial charge on any atom is 2.00 e. The van der Waals surface area contributed by atoms with Crippen LogP contribution in [0, 0.1) is 57.2 Å². The summed E-state index contributed by atoms with van der Waals surface area (Å²) in [6.45, 7) is 0. The van der Waals surface area contributed by atoms with Gasteiger partial charge in [-0.1, -0.05) is 0 Å². The van der Waals surface area contributed by atoms with E-state index < -0.39 is 11.8 Å². The van der Waals surface area contributed by atoms with Crippen LogP contribution in [0.4, 0.5) is 0 Å². The van der Waals surface area contributed by atoms with Gasteiger partial charge in [0, 0.05) is 0 Å². The molecule has 11 heavy (non-hydrogen) atoms. The number of nitrogens with zero attached hydrogens (tertiary/aromatic N) is 4. The van der Waals surface area contributed by atoms with Gasteiger partial charge in [0.1, 0.15) is 0 Å². The minimum absolute atomic E-state index is 0. The normalized spacial score (nSPS) is 5.09. The molecule has 0 aliphatic rings. The molecule has 0 bridgehead atoms. The van der Waals surface area contributed by atoms with Crippen molar-refractivity contribution in [2.75, 3.05) is 0 Å². The van der Waals surface area contributed by atoms with Gasteiger partial charge in [-0.25, -0.2) is 21.0 Å². The van der Waals surface area contributed by atoms with Crippen LogP contribution in [0.15, 0.2) is 0 Å². The number of hydrogen-bond donors (Lipinski definition) is 0. The van der Waals surface area contributed by atoms with E-state index in [0.717, 1.165) is 0 Å². The first-order valence-electron chi connectivity index (χ1n) is 2.14. The van der Waals surface area contributed by atoms with E-state index in [1.807, 2.05) is 0 Å². The monoisotopic (exact) mass is 179 g/mol. The van der Waals surface area contributed by atoms with Crippen molar-refractivity contribution in [2.24, 2.45) is 0 Å². The van der Waals surface area contributed by atoms with Crippen LogP contribution in [-0.4, -0.2) is 0 Å². The average molecular weight is 179 g/mol. The Bertz CT molecular complexity index is 213. The third-order valence-electron chi connectivity index (χ3n) is 0.697. The molecule has 0 aromatic heterocycles. The molecular formula is C6N4V. The molecule has 0 rings (SSSR count). The second-order valence-corrected chi connectivity index (χ2v) is 1.20. The number of rotatable bonds is 1. The van der Waals surface area contributed by atoms with Crippen LogP contribution >= 0.6 is 0 Å². The fourth-order valence-corrected chi connectivity index (χ4v) is 0.274. The van der Waals surface area contributed by atoms with Crippen LogP contribution in [0.3, 0.4) is 0 Å². The van der Waals surface area contributed by atoms with Crippen molar-refractivity contribution in [1.29, 1.82) is 21.0 Å². The predicted molar refractivity (Wildman–Crippen MR) is 28.9 cm³/mol. The molecule has 0 saturated heterocycles. The predicted octanol–water partition coefficient (Wildman–Crippen LogP) is 0.227. The first-order chi connectivity index (χ1) is 4.79. The SMILES string of the molecule is N#C[C-](C#N)[C-](C#N)C#N.[V+2]. The maximum atomic E-state index is 8.13. The molecule has 4 nitrogen and oxygen atoms in total. The molecule has 0 amide bonds. The minimum Gasteiger partial charge on any atom is -0.299 e. The Morgan fingerprint density at radius 1 is 0.636 bits per heavy atom. The topological polar surface area (TPSA) is 95.2 Å². The van der Waals surface area contributed by atoms with Gasteiger partial charge in [0.25, 0.3) is 0 Å². The van der Waals surface area contributed by atoms with E-state index in [2.05, 4.69) is 0 Å². The fourth-order valence-electron chi connectivity index (χ4n) is 0.274. The van der Waals surface area contributed by atoms with Gasteiger partial charge in [0.2, 0.25) is 0 Å². The molecule has 49 valence electrons. The van der Waals surface area contributed by atoms with Crippen LogP contribution in [0.25, 0.3) is 0 Å². The average Bonchev–Trinajstić information content (AvgIpc) is 2.00. The summed E-state index contributed by atoms with van der Waals surface area (Å²) in [6.07, 6.45) is 0. The number of nitriles is 4. The Kier molecular flexibility index (Phi) is 6.99. The van der Waals surface area contributed by atoms with Gasteiger partial charge in [-0.05, 0) is 0 Å². The van der Waals surface area contributed by atoms with Gasteiger partial charge in [-0.3, -0.25) is 11.8 Å². The maximum absolute atomic E-state index is 8.13. The van der Waals surface area contributed by atoms with Crippen molar-refractivity contribution in [3.05, 3.63) is 11.8 Å². The Balaban J connectivity index is 0. The van der Waals surface area contributed by atoms with Gasteiger partial charge >= 0.3 is 18.6 Å². The molecule has 0 unspecified atom stereocenters. The Morgan fingerprint density at radius 3 is 0.909 bits per heavy atom. The molecule has 0 aromatic rings. The summed E-state index contributed by atoms with van der Waals surface area (Å²) in [4.78, 5) is 0. The summed E-state index contributed by atoms with van der Waals surface area (Å²) in [5, 5.41) is 32.5. The van der Waals surface area contributed by atoms with Gasteiger partial charge in [-0.2, -0.15) is 0 Å². The summed E-state index contributed by atoms with van der Waals surface area (Å²) >= 11 is 0. The van der Waals surface area contributed by atoms with E-state index in [1.54, 1.807) is 0 Å². The van der Waals surface area contributed by atoms with Crippen LogP contribution in [-0.2, 0) is 18.6 Å². The van der Waals surface area contributed by atoms with Crippen molar-refractivity contribution in [2.45, 2.75) is 0 Å². The smallest absolute Gasteiger partial charge is 0.299 e. The first kappa shape index (κ1) is 12.0. The molecule has 0 atom stereocenters. The second kappa shape index (κ2) is 6.41. The molecule has 0 aliphatic heterocycles. The van der Waals surface area contributed by atoms with E-state index in [-0.39, 0.29) is 18.6 Å². The third-order valence-corrected chi connectivity index (χ3v) is 0.697. The molecular weight excluding hydrogens is 179 g/mol. The van der Waals surface area contributed by atoms with Crippen molar-refractivity contribution in [1.82, 2.24) is 0 Å². The molecule has 1 radical (unpaired) electrons. The zero-order valence-electron chi connectivity index (χ0n) is 5.24. The van der Waals surface area contributed by atoms with Crippen LogP contribution in [0.1, 0.15) is 0 Å². The van der Waals surface area contributed by atoms with E-state index >= 15 is 0 Å². The second-order valence-electron chi connectivity index (χ2n) is 1.20. The summed E-state index contributed by atoms with van der Waals surface area (Å²) in [5.41, 5.74) is 0. The first-order valence-corrected chi connectivity index (χ1v) is 2.14. The Hall–Kier alpha value is -1.72. The van der Waals surface area contributed by atoms with Crippen molar-refractivity contribution >= 4 is 0 Å². The van der Waals surface area contributed by atoms with Crippen LogP contribution in [0.5, 0.6) is 0 Å².